The van der Waals surface area contributed by atoms with Gasteiger partial charge < -0.3 is 4.42 Å². The normalized spacial score (nSPS) is 20.2. The van der Waals surface area contributed by atoms with Gasteiger partial charge in [-0.1, -0.05) is 151 Å². The van der Waals surface area contributed by atoms with Crippen LogP contribution in [-0.2, 0) is 0 Å². The molecule has 0 aliphatic heterocycles. The Kier molecular flexibility index (Phi) is 2.50. The van der Waals surface area contributed by atoms with Gasteiger partial charge in [0.2, 0.25) is 0 Å². The molecule has 0 spiro atoms. The molecule has 0 radical (unpaired) electrons. The largest absolute Gasteiger partial charge is 0.456 e. The Balaban J connectivity index is 1.47. The summed E-state index contributed by atoms with van der Waals surface area (Å²) in [5, 5.41) is -8.18. The van der Waals surface area contributed by atoms with Gasteiger partial charge >= 0.3 is 0 Å². The molecule has 0 atom stereocenters. The van der Waals surface area contributed by atoms with Crippen molar-refractivity contribution in [1.82, 2.24) is 0 Å². The lowest BCUT2D eigenvalue weighted by atomic mass is 9.83. The minimum Gasteiger partial charge on any atom is -0.456 e. The standard InChI is InChI=1S/C50H30O/c1-4-16-36-31(12-1)15-11-23-39(36)49-42-21-9-7-19-40(42)48(41-20-8-10-22-43(41)49)35-28-33-14-3-5-17-37(33)44(30-35)34-25-26-46-45(29-34)50-38-18-6-2-13-32(38)24-27-47(50)51-46/h1-30H/i1D,2D,3D,4D,5D,6D,7D,8D,9D,10D,11D,12D,13D,14D,15D,16D,17D,18D,19D,20D,21D,22D,23D,24D,25D,26D,27D,28D,29D,30D. The molecular weight excluding hydrogens is 617 g/mol. The minimum absolute atomic E-state index is 0.442. The molecule has 1 heteroatoms. The lowest BCUT2D eigenvalue weighted by Gasteiger charge is -2.20. The Bertz CT molecular complexity index is 4840. The van der Waals surface area contributed by atoms with Crippen LogP contribution in [0.3, 0.4) is 0 Å². The predicted octanol–water partition coefficient (Wildman–Crippen LogP) is 14.4. The second kappa shape index (κ2) is 10.9. The van der Waals surface area contributed by atoms with E-state index in [4.69, 9.17) is 29.1 Å². The zero-order valence-electron chi connectivity index (χ0n) is 55.4. The highest BCUT2D eigenvalue weighted by atomic mass is 16.3. The van der Waals surface area contributed by atoms with Crippen LogP contribution in [0, 0.1) is 0 Å². The SMILES string of the molecule is [2H]c1c(-c2c([2H])c(-c3c4c([2H])c([2H])c([2H])c([2H])c4c(-c4c([2H])c([2H])c([2H])c5c([2H])c([2H])c([2H])c([2H])c45)c4c([2H])c([2H])c([2H])c([2H])c34)c([2H])c3c([2H])c([2H])c([2H])c([2H])c23)c([2H])c2c(oc3c([2H])c([2H])c4c([2H])c([2H])c([2H])c([2H])c4c32)c1[2H]. The van der Waals surface area contributed by atoms with Crippen molar-refractivity contribution in [2.45, 2.75) is 0 Å². The van der Waals surface area contributed by atoms with Gasteiger partial charge in [0.05, 0.1) is 41.1 Å². The number of furan rings is 1. The summed E-state index contributed by atoms with van der Waals surface area (Å²) < 4.78 is 280. The van der Waals surface area contributed by atoms with Crippen molar-refractivity contribution in [2.75, 3.05) is 0 Å². The summed E-state index contributed by atoms with van der Waals surface area (Å²) in [5.41, 5.74) is -6.29. The summed E-state index contributed by atoms with van der Waals surface area (Å²) in [7, 11) is 0. The van der Waals surface area contributed by atoms with Gasteiger partial charge in [-0.2, -0.15) is 0 Å². The molecule has 11 aromatic rings. The number of hydrogen-bond acceptors (Lipinski definition) is 1. The molecule has 0 N–H and O–H groups in total. The van der Waals surface area contributed by atoms with Crippen molar-refractivity contribution >= 4 is 75.8 Å². The maximum absolute atomic E-state index is 10.3. The van der Waals surface area contributed by atoms with Crippen molar-refractivity contribution in [1.29, 1.82) is 0 Å². The third-order valence-electron chi connectivity index (χ3n) is 8.57. The van der Waals surface area contributed by atoms with Crippen LogP contribution in [0.25, 0.3) is 109 Å². The van der Waals surface area contributed by atoms with Gasteiger partial charge in [0.1, 0.15) is 11.2 Å². The van der Waals surface area contributed by atoms with E-state index in [1.54, 1.807) is 0 Å². The molecule has 236 valence electrons. The molecule has 0 unspecified atom stereocenters. The van der Waals surface area contributed by atoms with Gasteiger partial charge in [-0.05, 0) is 117 Å². The summed E-state index contributed by atoms with van der Waals surface area (Å²) >= 11 is 0. The first-order chi connectivity index (χ1) is 37.8. The van der Waals surface area contributed by atoms with Crippen LogP contribution in [0.4, 0.5) is 0 Å². The van der Waals surface area contributed by atoms with Crippen LogP contribution in [-0.4, -0.2) is 0 Å². The Morgan fingerprint density at radius 2 is 0.843 bits per heavy atom. The average Bonchev–Trinajstić information content (AvgIpc) is 3.88. The zero-order chi connectivity index (χ0) is 59.6. The summed E-state index contributed by atoms with van der Waals surface area (Å²) in [6.07, 6.45) is 0. The number of hydrogen-bond donors (Lipinski definition) is 0. The van der Waals surface area contributed by atoms with E-state index in [-0.39, 0.29) is 0 Å². The molecule has 0 amide bonds. The maximum atomic E-state index is 10.3. The van der Waals surface area contributed by atoms with Crippen LogP contribution in [0.2, 0.25) is 0 Å². The molecule has 1 aromatic heterocycles. The predicted molar refractivity (Wildman–Crippen MR) is 218 cm³/mol. The molecule has 51 heavy (non-hydrogen) atoms. The summed E-state index contributed by atoms with van der Waals surface area (Å²) in [5.74, 6) is 0. The molecule has 1 heterocycles. The van der Waals surface area contributed by atoms with Crippen LogP contribution in [0.1, 0.15) is 41.1 Å². The Hall–Kier alpha value is -6.70. The summed E-state index contributed by atoms with van der Waals surface area (Å²) in [4.78, 5) is 0. The van der Waals surface area contributed by atoms with Crippen LogP contribution in [0.5, 0.6) is 0 Å². The minimum atomic E-state index is -1.14. The van der Waals surface area contributed by atoms with Gasteiger partial charge in [0.25, 0.3) is 0 Å². The quantitative estimate of drug-likeness (QED) is 0.170. The van der Waals surface area contributed by atoms with Crippen molar-refractivity contribution in [3.05, 3.63) is 181 Å². The molecule has 0 aliphatic carbocycles. The summed E-state index contributed by atoms with van der Waals surface area (Å²) in [6.45, 7) is 0. The number of rotatable bonds is 3. The van der Waals surface area contributed by atoms with Crippen LogP contribution >= 0.6 is 0 Å². The van der Waals surface area contributed by atoms with E-state index in [2.05, 4.69) is 0 Å². The van der Waals surface area contributed by atoms with E-state index >= 15 is 0 Å². The maximum Gasteiger partial charge on any atom is 0.136 e. The van der Waals surface area contributed by atoms with E-state index in [1.165, 1.54) is 0 Å². The first kappa shape index (κ1) is 11.7. The van der Waals surface area contributed by atoms with E-state index in [0.717, 1.165) is 0 Å². The zero-order valence-corrected chi connectivity index (χ0v) is 25.4. The van der Waals surface area contributed by atoms with E-state index in [9.17, 15) is 16.4 Å². The fourth-order valence-electron chi connectivity index (χ4n) is 6.45. The molecule has 1 nitrogen and oxygen atoms in total. The fourth-order valence-corrected chi connectivity index (χ4v) is 6.45. The van der Waals surface area contributed by atoms with Crippen LogP contribution < -0.4 is 0 Å². The van der Waals surface area contributed by atoms with Crippen LogP contribution in [0.15, 0.2) is 186 Å². The second-order valence-corrected chi connectivity index (χ2v) is 11.3. The molecule has 11 rings (SSSR count). The van der Waals surface area contributed by atoms with E-state index in [0.29, 0.717) is 0 Å². The van der Waals surface area contributed by atoms with Gasteiger partial charge in [0.15, 0.2) is 0 Å². The first-order valence-electron chi connectivity index (χ1n) is 30.2. The molecule has 0 saturated carbocycles. The van der Waals surface area contributed by atoms with Gasteiger partial charge in [-0.25, -0.2) is 0 Å². The monoisotopic (exact) mass is 676 g/mol. The molecule has 0 aliphatic rings. The van der Waals surface area contributed by atoms with Gasteiger partial charge in [-0.3, -0.25) is 0 Å². The topological polar surface area (TPSA) is 13.1 Å². The van der Waals surface area contributed by atoms with E-state index < -0.39 is 290 Å². The first-order valence-corrected chi connectivity index (χ1v) is 15.2. The number of benzene rings is 10. The highest BCUT2D eigenvalue weighted by Crippen LogP contribution is 2.47. The Morgan fingerprint density at radius 1 is 0.314 bits per heavy atom. The average molecular weight is 677 g/mol. The highest BCUT2D eigenvalue weighted by molar-refractivity contribution is 6.24. The molecule has 0 saturated heterocycles. The van der Waals surface area contributed by atoms with Crippen molar-refractivity contribution in [3.8, 4) is 33.4 Å². The number of fused-ring (bicyclic) bond motifs is 9. The van der Waals surface area contributed by atoms with Gasteiger partial charge in [-0.15, -0.1) is 0 Å². The lowest BCUT2D eigenvalue weighted by Crippen LogP contribution is -1.92. The lowest BCUT2D eigenvalue weighted by molar-refractivity contribution is 0.669. The Morgan fingerprint density at radius 3 is 1.55 bits per heavy atom. The molecule has 0 fully saturated rings. The highest BCUT2D eigenvalue weighted by Gasteiger charge is 2.20. The van der Waals surface area contributed by atoms with E-state index in [1.807, 2.05) is 0 Å². The third kappa shape index (κ3) is 4.22. The summed E-state index contributed by atoms with van der Waals surface area (Å²) in [6, 6.07) is -28.9. The fraction of sp³-hybridized carbons (Fsp3) is 0. The van der Waals surface area contributed by atoms with Crippen molar-refractivity contribution in [3.63, 3.8) is 0 Å². The van der Waals surface area contributed by atoms with Crippen molar-refractivity contribution in [2.24, 2.45) is 0 Å². The molecular formula is C50H30O. The molecule has 10 aromatic carbocycles. The Labute approximate surface area is 336 Å². The second-order valence-electron chi connectivity index (χ2n) is 11.3. The third-order valence-corrected chi connectivity index (χ3v) is 8.57. The molecule has 0 bridgehead atoms. The van der Waals surface area contributed by atoms with Gasteiger partial charge in [0, 0.05) is 10.8 Å². The van der Waals surface area contributed by atoms with Crippen molar-refractivity contribution < 1.29 is 45.5 Å². The smallest absolute Gasteiger partial charge is 0.136 e.